The van der Waals surface area contributed by atoms with E-state index in [1.807, 2.05) is 77.4 Å². The predicted octanol–water partition coefficient (Wildman–Crippen LogP) is 6.67. The van der Waals surface area contributed by atoms with Crippen molar-refractivity contribution in [2.45, 2.75) is 25.5 Å². The highest BCUT2D eigenvalue weighted by Crippen LogP contribution is 2.43. The topological polar surface area (TPSA) is 52.8 Å². The first-order chi connectivity index (χ1) is 20.6. The van der Waals surface area contributed by atoms with Crippen molar-refractivity contribution in [2.24, 2.45) is 4.99 Å². The maximum atomic E-state index is 14.1. The second-order valence-corrected chi connectivity index (χ2v) is 12.2. The number of fused-ring (bicyclic) bond motifs is 3. The lowest BCUT2D eigenvalue weighted by molar-refractivity contribution is 0.304. The third-order valence-electron chi connectivity index (χ3n) is 7.80. The van der Waals surface area contributed by atoms with Crippen LogP contribution in [0.5, 0.6) is 11.5 Å². The Labute approximate surface area is 255 Å². The van der Waals surface area contributed by atoms with E-state index < -0.39 is 0 Å². The van der Waals surface area contributed by atoms with Gasteiger partial charge in [0, 0.05) is 11.1 Å². The van der Waals surface area contributed by atoms with Gasteiger partial charge in [-0.1, -0.05) is 90.2 Å². The van der Waals surface area contributed by atoms with Gasteiger partial charge in [-0.05, 0) is 75.3 Å². The van der Waals surface area contributed by atoms with Gasteiger partial charge in [0.1, 0.15) is 18.1 Å². The summed E-state index contributed by atoms with van der Waals surface area (Å²) in [5.41, 5.74) is 7.48. The molecule has 5 nitrogen and oxygen atoms in total. The van der Waals surface area contributed by atoms with E-state index in [0.29, 0.717) is 15.9 Å². The Morgan fingerprint density at radius 2 is 1.74 bits per heavy atom. The monoisotopic (exact) mass is 634 g/mol. The number of hydrogen-bond donors (Lipinski definition) is 0. The summed E-state index contributed by atoms with van der Waals surface area (Å²) in [5, 5.41) is 0. The molecule has 1 aliphatic heterocycles. The Balaban J connectivity index is 1.33. The van der Waals surface area contributed by atoms with E-state index in [4.69, 9.17) is 14.5 Å². The highest BCUT2D eigenvalue weighted by atomic mass is 79.9. The molecule has 42 heavy (non-hydrogen) atoms. The fourth-order valence-corrected chi connectivity index (χ4v) is 7.31. The van der Waals surface area contributed by atoms with E-state index in [9.17, 15) is 4.79 Å². The third-order valence-corrected chi connectivity index (χ3v) is 9.40. The van der Waals surface area contributed by atoms with Crippen LogP contribution in [-0.4, -0.2) is 11.7 Å². The molecular weight excluding hydrogens is 608 g/mol. The van der Waals surface area contributed by atoms with Gasteiger partial charge in [-0.3, -0.25) is 9.36 Å². The van der Waals surface area contributed by atoms with Gasteiger partial charge in [0.25, 0.3) is 5.56 Å². The smallest absolute Gasteiger partial charge is 0.271 e. The van der Waals surface area contributed by atoms with E-state index in [0.717, 1.165) is 62.3 Å². The van der Waals surface area contributed by atoms with E-state index in [1.165, 1.54) is 16.9 Å². The second kappa shape index (κ2) is 11.2. The van der Waals surface area contributed by atoms with Crippen LogP contribution in [0, 0.1) is 0 Å². The van der Waals surface area contributed by atoms with Crippen molar-refractivity contribution in [3.05, 3.63) is 155 Å². The van der Waals surface area contributed by atoms with Gasteiger partial charge < -0.3 is 9.47 Å². The Kier molecular flexibility index (Phi) is 7.14. The number of aryl methyl sites for hydroxylation is 1. The van der Waals surface area contributed by atoms with Crippen molar-refractivity contribution < 1.29 is 9.47 Å². The van der Waals surface area contributed by atoms with Crippen molar-refractivity contribution in [1.82, 2.24) is 4.57 Å². The Morgan fingerprint density at radius 3 is 2.57 bits per heavy atom. The van der Waals surface area contributed by atoms with Crippen LogP contribution < -0.4 is 24.4 Å². The summed E-state index contributed by atoms with van der Waals surface area (Å²) in [6.07, 6.45) is 3.68. The summed E-state index contributed by atoms with van der Waals surface area (Å²) in [6, 6.07) is 32.1. The molecule has 0 spiro atoms. The van der Waals surface area contributed by atoms with Crippen LogP contribution in [0.3, 0.4) is 0 Å². The molecule has 0 N–H and O–H groups in total. The van der Waals surface area contributed by atoms with Gasteiger partial charge in [-0.2, -0.15) is 0 Å². The predicted molar refractivity (Wildman–Crippen MR) is 171 cm³/mol. The Bertz CT molecular complexity index is 2030. The SMILES string of the molecule is COc1ccccc1[C@H]1C2=C(N=c3s/c(=C/c4ccc(OCc5ccccc5)c(Br)c4)c(=O)n31)c1ccccc1CC2. The van der Waals surface area contributed by atoms with E-state index in [1.54, 1.807) is 7.11 Å². The maximum absolute atomic E-state index is 14.1. The second-order valence-electron chi connectivity index (χ2n) is 10.3. The molecule has 0 saturated carbocycles. The fraction of sp³-hybridized carbons (Fsp3) is 0.143. The third kappa shape index (κ3) is 4.82. The molecule has 1 aliphatic carbocycles. The molecule has 0 unspecified atom stereocenters. The highest BCUT2D eigenvalue weighted by molar-refractivity contribution is 9.10. The fourth-order valence-electron chi connectivity index (χ4n) is 5.80. The summed E-state index contributed by atoms with van der Waals surface area (Å²) < 4.78 is 15.1. The van der Waals surface area contributed by atoms with E-state index in [-0.39, 0.29) is 11.6 Å². The van der Waals surface area contributed by atoms with Gasteiger partial charge in [-0.25, -0.2) is 4.99 Å². The molecule has 0 amide bonds. The summed E-state index contributed by atoms with van der Waals surface area (Å²) in [4.78, 5) is 19.9. The largest absolute Gasteiger partial charge is 0.496 e. The molecule has 0 radical (unpaired) electrons. The number of benzene rings is 4. The van der Waals surface area contributed by atoms with Crippen LogP contribution in [0.4, 0.5) is 0 Å². The van der Waals surface area contributed by atoms with Gasteiger partial charge in [0.05, 0.1) is 27.9 Å². The lowest BCUT2D eigenvalue weighted by Gasteiger charge is -2.31. The molecule has 1 aromatic heterocycles. The molecule has 7 heteroatoms. The van der Waals surface area contributed by atoms with Crippen LogP contribution in [0.15, 0.2) is 117 Å². The highest BCUT2D eigenvalue weighted by Gasteiger charge is 2.33. The number of methoxy groups -OCH3 is 1. The normalized spacial score (nSPS) is 15.9. The molecule has 4 aromatic carbocycles. The number of rotatable bonds is 6. The van der Waals surface area contributed by atoms with Gasteiger partial charge >= 0.3 is 0 Å². The first-order valence-electron chi connectivity index (χ1n) is 13.8. The minimum Gasteiger partial charge on any atom is -0.496 e. The zero-order valence-corrected chi connectivity index (χ0v) is 25.3. The van der Waals surface area contributed by atoms with Crippen molar-refractivity contribution in [3.63, 3.8) is 0 Å². The minimum atomic E-state index is -0.289. The van der Waals surface area contributed by atoms with Gasteiger partial charge in [0.15, 0.2) is 4.80 Å². The van der Waals surface area contributed by atoms with E-state index in [2.05, 4.69) is 46.3 Å². The molecule has 208 valence electrons. The first-order valence-corrected chi connectivity index (χ1v) is 15.4. The van der Waals surface area contributed by atoms with Crippen LogP contribution in [-0.2, 0) is 13.0 Å². The Hall–Kier alpha value is -4.20. The number of nitrogens with zero attached hydrogens (tertiary/aromatic N) is 2. The van der Waals surface area contributed by atoms with Gasteiger partial charge in [-0.15, -0.1) is 0 Å². The van der Waals surface area contributed by atoms with Crippen LogP contribution in [0.25, 0.3) is 11.8 Å². The quantitative estimate of drug-likeness (QED) is 0.210. The molecule has 1 atom stereocenters. The molecule has 7 rings (SSSR count). The van der Waals surface area contributed by atoms with Gasteiger partial charge in [0.2, 0.25) is 0 Å². The summed E-state index contributed by atoms with van der Waals surface area (Å²) in [7, 11) is 1.68. The van der Waals surface area contributed by atoms with Crippen molar-refractivity contribution in [3.8, 4) is 11.5 Å². The number of hydrogen-bond acceptors (Lipinski definition) is 5. The molecule has 2 aliphatic rings. The molecular formula is C35H27BrN2O3S. The van der Waals surface area contributed by atoms with Crippen molar-refractivity contribution in [1.29, 1.82) is 0 Å². The zero-order chi connectivity index (χ0) is 28.6. The van der Waals surface area contributed by atoms with Crippen LogP contribution >= 0.6 is 27.3 Å². The number of aromatic nitrogens is 1. The number of allylic oxidation sites excluding steroid dienone is 1. The molecule has 5 aromatic rings. The first kappa shape index (κ1) is 26.7. The lowest BCUT2D eigenvalue weighted by atomic mass is 9.83. The van der Waals surface area contributed by atoms with Crippen molar-refractivity contribution in [2.75, 3.05) is 7.11 Å². The lowest BCUT2D eigenvalue weighted by Crippen LogP contribution is -2.39. The maximum Gasteiger partial charge on any atom is 0.271 e. The zero-order valence-electron chi connectivity index (χ0n) is 22.9. The van der Waals surface area contributed by atoms with Crippen LogP contribution in [0.1, 0.15) is 40.3 Å². The molecule has 2 heterocycles. The molecule has 0 bridgehead atoms. The number of halogens is 1. The average molecular weight is 636 g/mol. The number of ether oxygens (including phenoxy) is 2. The molecule has 0 fully saturated rings. The average Bonchev–Trinajstić information content (AvgIpc) is 3.34. The summed E-state index contributed by atoms with van der Waals surface area (Å²) in [6.45, 7) is 0.480. The van der Waals surface area contributed by atoms with E-state index >= 15 is 0 Å². The van der Waals surface area contributed by atoms with Crippen molar-refractivity contribution >= 4 is 39.0 Å². The Morgan fingerprint density at radius 1 is 0.952 bits per heavy atom. The standard InChI is InChI=1S/C35H27BrN2O3S/c1-40-29-14-8-7-13-26(29)33-27-17-16-24-11-5-6-12-25(24)32(27)37-35-38(33)34(39)31(42-35)20-23-15-18-30(28(36)19-23)41-21-22-9-3-2-4-10-22/h2-15,18-20,33H,16-17,21H2,1H3/b31-20+/t33-/m0/s1. The van der Waals surface area contributed by atoms with Crippen LogP contribution in [0.2, 0.25) is 0 Å². The molecule has 0 saturated heterocycles. The summed E-state index contributed by atoms with van der Waals surface area (Å²) in [5.74, 6) is 1.51. The minimum absolute atomic E-state index is 0.0550. The number of thiazole rings is 1. The number of para-hydroxylation sites is 1. The summed E-state index contributed by atoms with van der Waals surface area (Å²) >= 11 is 5.08.